The average molecular weight is 297 g/mol. The summed E-state index contributed by atoms with van der Waals surface area (Å²) in [7, 11) is 3.44. The monoisotopic (exact) mass is 296 g/mol. The number of ether oxygens (including phenoxy) is 1. The second-order valence-electron chi connectivity index (χ2n) is 5.24. The molecule has 1 aromatic rings. The minimum absolute atomic E-state index is 0.0523. The van der Waals surface area contributed by atoms with Gasteiger partial charge in [-0.25, -0.2) is 0 Å². The molecule has 0 radical (unpaired) electrons. The van der Waals surface area contributed by atoms with Crippen LogP contribution in [0.15, 0.2) is 24.3 Å². The maximum Gasteiger partial charge on any atom is 0.254 e. The number of nitrogens with one attached hydrogen (secondary N) is 1. The molecule has 1 aromatic carbocycles. The number of likely N-dealkylation sites (N-methyl/N-ethyl adjacent to an activating group) is 1. The summed E-state index contributed by atoms with van der Waals surface area (Å²) < 4.78 is 5.57. The van der Waals surface area contributed by atoms with Crippen molar-refractivity contribution in [3.63, 3.8) is 0 Å². The van der Waals surface area contributed by atoms with E-state index in [1.165, 1.54) is 0 Å². The van der Waals surface area contributed by atoms with E-state index in [1.807, 2.05) is 31.3 Å². The number of carbonyl (C=O) groups is 1. The van der Waals surface area contributed by atoms with Gasteiger partial charge in [0, 0.05) is 25.7 Å². The first-order valence-electron chi connectivity index (χ1n) is 6.83. The Bertz CT molecular complexity index is 455. The van der Waals surface area contributed by atoms with E-state index in [4.69, 9.17) is 16.3 Å². The van der Waals surface area contributed by atoms with E-state index in [1.54, 1.807) is 12.0 Å². The number of rotatable bonds is 4. The van der Waals surface area contributed by atoms with Crippen molar-refractivity contribution in [3.05, 3.63) is 34.9 Å². The van der Waals surface area contributed by atoms with Crippen LogP contribution in [0, 0.1) is 0 Å². The van der Waals surface area contributed by atoms with Gasteiger partial charge in [0.25, 0.3) is 5.91 Å². The fraction of sp³-hybridized carbons (Fsp3) is 0.533. The molecule has 1 aliphatic rings. The first-order valence-corrected chi connectivity index (χ1v) is 7.21. The van der Waals surface area contributed by atoms with Crippen LogP contribution in [0.2, 0.25) is 5.02 Å². The van der Waals surface area contributed by atoms with E-state index in [0.717, 1.165) is 18.7 Å². The van der Waals surface area contributed by atoms with Crippen LogP contribution in [0.3, 0.4) is 0 Å². The number of halogens is 1. The highest BCUT2D eigenvalue weighted by atomic mass is 35.5. The SMILES string of the molecule is COC1(C(=O)N(C)Cc2ccc(Cl)cc2)CCNCC1. The zero-order chi connectivity index (χ0) is 14.6. The summed E-state index contributed by atoms with van der Waals surface area (Å²) in [5.74, 6) is 0.0523. The number of amides is 1. The predicted molar refractivity (Wildman–Crippen MR) is 79.8 cm³/mol. The Kier molecular flexibility index (Phi) is 5.02. The van der Waals surface area contributed by atoms with Gasteiger partial charge in [0.2, 0.25) is 0 Å². The van der Waals surface area contributed by atoms with E-state index >= 15 is 0 Å². The molecule has 4 nitrogen and oxygen atoms in total. The molecule has 20 heavy (non-hydrogen) atoms. The fourth-order valence-electron chi connectivity index (χ4n) is 2.62. The molecule has 1 N–H and O–H groups in total. The van der Waals surface area contributed by atoms with Crippen LogP contribution in [-0.2, 0) is 16.1 Å². The summed E-state index contributed by atoms with van der Waals surface area (Å²) in [6.07, 6.45) is 1.43. The second kappa shape index (κ2) is 6.57. The predicted octanol–water partition coefficient (Wildman–Crippen LogP) is 2.07. The summed E-state index contributed by atoms with van der Waals surface area (Å²) in [5, 5.41) is 3.96. The standard InChI is InChI=1S/C15H21ClN2O2/c1-18(11-12-3-5-13(16)6-4-12)14(19)15(20-2)7-9-17-10-8-15/h3-6,17H,7-11H2,1-2H3. The van der Waals surface area contributed by atoms with E-state index in [0.29, 0.717) is 24.4 Å². The Morgan fingerprint density at radius 1 is 1.35 bits per heavy atom. The third-order valence-electron chi connectivity index (χ3n) is 3.87. The van der Waals surface area contributed by atoms with Gasteiger partial charge in [0.15, 0.2) is 0 Å². The first kappa shape index (κ1) is 15.3. The number of piperidine rings is 1. The van der Waals surface area contributed by atoms with Gasteiger partial charge >= 0.3 is 0 Å². The molecular formula is C15H21ClN2O2. The number of nitrogens with zero attached hydrogens (tertiary/aromatic N) is 1. The van der Waals surface area contributed by atoms with Crippen molar-refractivity contribution in [3.8, 4) is 0 Å². The molecule has 1 saturated heterocycles. The van der Waals surface area contributed by atoms with Crippen LogP contribution in [0.5, 0.6) is 0 Å². The van der Waals surface area contributed by atoms with Gasteiger partial charge in [-0.3, -0.25) is 4.79 Å². The van der Waals surface area contributed by atoms with Crippen molar-refractivity contribution in [2.24, 2.45) is 0 Å². The lowest BCUT2D eigenvalue weighted by Gasteiger charge is -2.37. The van der Waals surface area contributed by atoms with Gasteiger partial charge in [0.1, 0.15) is 5.60 Å². The molecule has 0 aromatic heterocycles. The lowest BCUT2D eigenvalue weighted by atomic mass is 9.90. The molecule has 0 unspecified atom stereocenters. The quantitative estimate of drug-likeness (QED) is 0.925. The molecule has 0 saturated carbocycles. The van der Waals surface area contributed by atoms with Gasteiger partial charge in [0.05, 0.1) is 0 Å². The molecule has 1 fully saturated rings. The Balaban J connectivity index is 2.05. The molecule has 0 aliphatic carbocycles. The number of hydrogen-bond acceptors (Lipinski definition) is 3. The van der Waals surface area contributed by atoms with Crippen molar-refractivity contribution >= 4 is 17.5 Å². The van der Waals surface area contributed by atoms with Crippen LogP contribution < -0.4 is 5.32 Å². The van der Waals surface area contributed by atoms with Crippen LogP contribution in [0.4, 0.5) is 0 Å². The highest BCUT2D eigenvalue weighted by Crippen LogP contribution is 2.25. The Morgan fingerprint density at radius 2 is 1.95 bits per heavy atom. The summed E-state index contributed by atoms with van der Waals surface area (Å²) in [6, 6.07) is 7.56. The van der Waals surface area contributed by atoms with E-state index < -0.39 is 5.60 Å². The highest BCUT2D eigenvalue weighted by molar-refractivity contribution is 6.30. The van der Waals surface area contributed by atoms with Gasteiger partial charge < -0.3 is 15.0 Å². The second-order valence-corrected chi connectivity index (χ2v) is 5.67. The maximum absolute atomic E-state index is 12.7. The molecule has 110 valence electrons. The fourth-order valence-corrected chi connectivity index (χ4v) is 2.75. The number of benzene rings is 1. The van der Waals surface area contributed by atoms with E-state index in [2.05, 4.69) is 5.32 Å². The third kappa shape index (κ3) is 3.32. The molecule has 0 spiro atoms. The molecule has 1 heterocycles. The molecule has 0 bridgehead atoms. The Morgan fingerprint density at radius 3 is 2.50 bits per heavy atom. The largest absolute Gasteiger partial charge is 0.368 e. The summed E-state index contributed by atoms with van der Waals surface area (Å²) in [5.41, 5.74) is 0.386. The van der Waals surface area contributed by atoms with Crippen LogP contribution in [0.1, 0.15) is 18.4 Å². The van der Waals surface area contributed by atoms with Crippen molar-refractivity contribution in [2.75, 3.05) is 27.2 Å². The van der Waals surface area contributed by atoms with Crippen LogP contribution in [0.25, 0.3) is 0 Å². The molecule has 0 atom stereocenters. The number of carbonyl (C=O) groups excluding carboxylic acids is 1. The molecule has 1 amide bonds. The highest BCUT2D eigenvalue weighted by Gasteiger charge is 2.41. The Hall–Kier alpha value is -1.10. The molecule has 5 heteroatoms. The maximum atomic E-state index is 12.7. The smallest absolute Gasteiger partial charge is 0.254 e. The zero-order valence-electron chi connectivity index (χ0n) is 12.0. The average Bonchev–Trinajstić information content (AvgIpc) is 2.49. The lowest BCUT2D eigenvalue weighted by molar-refractivity contribution is -0.157. The Labute approximate surface area is 125 Å². The summed E-state index contributed by atoms with van der Waals surface area (Å²) in [6.45, 7) is 2.19. The van der Waals surface area contributed by atoms with Crippen molar-refractivity contribution in [1.29, 1.82) is 0 Å². The topological polar surface area (TPSA) is 41.6 Å². The van der Waals surface area contributed by atoms with Gasteiger partial charge in [-0.15, -0.1) is 0 Å². The van der Waals surface area contributed by atoms with Gasteiger partial charge in [-0.2, -0.15) is 0 Å². The zero-order valence-corrected chi connectivity index (χ0v) is 12.7. The normalized spacial score (nSPS) is 17.8. The van der Waals surface area contributed by atoms with Crippen molar-refractivity contribution in [1.82, 2.24) is 10.2 Å². The summed E-state index contributed by atoms with van der Waals surface area (Å²) >= 11 is 5.87. The third-order valence-corrected chi connectivity index (χ3v) is 4.12. The molecule has 1 aliphatic heterocycles. The van der Waals surface area contributed by atoms with Crippen LogP contribution >= 0.6 is 11.6 Å². The molecule has 2 rings (SSSR count). The minimum atomic E-state index is -0.674. The molecular weight excluding hydrogens is 276 g/mol. The van der Waals surface area contributed by atoms with E-state index in [9.17, 15) is 4.79 Å². The van der Waals surface area contributed by atoms with E-state index in [-0.39, 0.29) is 5.91 Å². The number of hydrogen-bond donors (Lipinski definition) is 1. The van der Waals surface area contributed by atoms with Gasteiger partial charge in [-0.05, 0) is 43.6 Å². The van der Waals surface area contributed by atoms with Crippen molar-refractivity contribution < 1.29 is 9.53 Å². The van der Waals surface area contributed by atoms with Gasteiger partial charge in [-0.1, -0.05) is 23.7 Å². The van der Waals surface area contributed by atoms with Crippen molar-refractivity contribution in [2.45, 2.75) is 25.0 Å². The summed E-state index contributed by atoms with van der Waals surface area (Å²) in [4.78, 5) is 14.4. The first-order chi connectivity index (χ1) is 9.57. The minimum Gasteiger partial charge on any atom is -0.368 e. The van der Waals surface area contributed by atoms with Crippen LogP contribution in [-0.4, -0.2) is 43.7 Å². The lowest BCUT2D eigenvalue weighted by Crippen LogP contribution is -2.54. The number of methoxy groups -OCH3 is 1.